The largest absolute Gasteiger partial charge is 0.509 e. The summed E-state index contributed by atoms with van der Waals surface area (Å²) in [5.74, 6) is -7.16. The van der Waals surface area contributed by atoms with E-state index in [0.29, 0.717) is 16.8 Å². The first-order chi connectivity index (χ1) is 34.6. The van der Waals surface area contributed by atoms with E-state index in [4.69, 9.17) is 38.9 Å². The lowest BCUT2D eigenvalue weighted by molar-refractivity contribution is -0.346. The van der Waals surface area contributed by atoms with E-state index in [1.54, 1.807) is 117 Å². The Morgan fingerprint density at radius 1 is 0.808 bits per heavy atom. The lowest BCUT2D eigenvalue weighted by atomic mass is 9.44. The zero-order valence-corrected chi connectivity index (χ0v) is 41.1. The van der Waals surface area contributed by atoms with Gasteiger partial charge in [-0.25, -0.2) is 14.4 Å². The molecule has 3 aliphatic carbocycles. The number of nitrogen functional groups attached to an aromatic ring is 1. The molecule has 384 valence electrons. The third-order valence-corrected chi connectivity index (χ3v) is 15.0. The maximum Gasteiger partial charge on any atom is 0.509 e. The lowest BCUT2D eigenvalue weighted by Gasteiger charge is -2.67. The Labute approximate surface area is 421 Å². The highest BCUT2D eigenvalue weighted by Crippen LogP contribution is 2.64. The number of ketones is 1. The average molecular weight is 1000 g/mol. The minimum atomic E-state index is -2.48. The summed E-state index contributed by atoms with van der Waals surface area (Å²) in [5.41, 5.74) is -0.764. The molecule has 1 heterocycles. The first kappa shape index (κ1) is 51.9. The van der Waals surface area contributed by atoms with Crippen LogP contribution in [-0.4, -0.2) is 106 Å². The Hall–Kier alpha value is -7.41. The Morgan fingerprint density at radius 2 is 1.41 bits per heavy atom. The van der Waals surface area contributed by atoms with Gasteiger partial charge in [-0.3, -0.25) is 19.2 Å². The van der Waals surface area contributed by atoms with E-state index < -0.39 is 119 Å². The van der Waals surface area contributed by atoms with Crippen molar-refractivity contribution in [2.24, 2.45) is 16.7 Å². The summed E-state index contributed by atoms with van der Waals surface area (Å²) in [6.45, 7) is 7.51. The van der Waals surface area contributed by atoms with Crippen molar-refractivity contribution in [2.45, 2.75) is 115 Å². The maximum atomic E-state index is 15.7. The minimum absolute atomic E-state index is 0.0367. The van der Waals surface area contributed by atoms with Gasteiger partial charge >= 0.3 is 30.0 Å². The molecule has 4 aliphatic rings. The van der Waals surface area contributed by atoms with Gasteiger partial charge in [0.2, 0.25) is 6.10 Å². The third-order valence-electron chi connectivity index (χ3n) is 15.0. The number of esters is 4. The predicted octanol–water partition coefficient (Wildman–Crippen LogP) is 5.68. The molecule has 1 aliphatic heterocycles. The molecule has 11 atom stereocenters. The normalized spacial score (nSPS) is 28.6. The SMILES string of the molecule is CC(=O)OC1C(=O)C2(C)C(O)CC3OCC3(OC(C)=O)C2C(OC(=O)c2ccccc2)C2(O)CC(OC(=O)C(OC(=O)OCc3ccc(N)cc3)C(NC(=O)c3ccccc3)c3ccccc3)C(C)=C1C2(C)C. The number of aliphatic hydroxyl groups excluding tert-OH is 1. The Kier molecular flexibility index (Phi) is 14.4. The number of hydrogen-bond donors (Lipinski definition) is 4. The van der Waals surface area contributed by atoms with E-state index in [-0.39, 0.29) is 41.9 Å². The van der Waals surface area contributed by atoms with E-state index in [2.05, 4.69) is 5.32 Å². The van der Waals surface area contributed by atoms with Crippen molar-refractivity contribution in [1.82, 2.24) is 5.32 Å². The summed E-state index contributed by atoms with van der Waals surface area (Å²) in [6.07, 6.45) is -12.3. The van der Waals surface area contributed by atoms with Crippen LogP contribution < -0.4 is 11.1 Å². The Morgan fingerprint density at radius 3 is 1.99 bits per heavy atom. The van der Waals surface area contributed by atoms with Gasteiger partial charge < -0.3 is 54.4 Å². The second kappa shape index (κ2) is 20.2. The topological polar surface area (TPSA) is 263 Å². The fraction of sp³-hybridized carbons (Fsp3) is 0.400. The molecule has 4 aromatic carbocycles. The number of anilines is 1. The summed E-state index contributed by atoms with van der Waals surface area (Å²) in [7, 11) is 0. The number of fused-ring (bicyclic) bond motifs is 5. The smallest absolute Gasteiger partial charge is 0.455 e. The molecule has 2 saturated carbocycles. The molecule has 0 radical (unpaired) electrons. The second-order valence-electron chi connectivity index (χ2n) is 19.7. The Bertz CT molecular complexity index is 2800. The summed E-state index contributed by atoms with van der Waals surface area (Å²) < 4.78 is 42.1. The summed E-state index contributed by atoms with van der Waals surface area (Å²) >= 11 is 0. The fourth-order valence-corrected chi connectivity index (χ4v) is 11.2. The molecule has 4 aromatic rings. The van der Waals surface area contributed by atoms with E-state index in [1.807, 2.05) is 0 Å². The molecular weight excluding hydrogens is 945 g/mol. The summed E-state index contributed by atoms with van der Waals surface area (Å²) in [6, 6.07) is 29.0. The summed E-state index contributed by atoms with van der Waals surface area (Å²) in [5, 5.41) is 29.0. The first-order valence-electron chi connectivity index (χ1n) is 23.8. The van der Waals surface area contributed by atoms with E-state index in [0.717, 1.165) is 13.8 Å². The van der Waals surface area contributed by atoms with Crippen LogP contribution in [0.2, 0.25) is 0 Å². The highest BCUT2D eigenvalue weighted by Gasteiger charge is 2.78. The molecule has 18 nitrogen and oxygen atoms in total. The van der Waals surface area contributed by atoms with Gasteiger partial charge in [0.25, 0.3) is 5.91 Å². The second-order valence-corrected chi connectivity index (χ2v) is 19.7. The maximum absolute atomic E-state index is 15.7. The van der Waals surface area contributed by atoms with Crippen LogP contribution in [0.1, 0.15) is 92.3 Å². The molecule has 2 bridgehead atoms. The number of nitrogens with one attached hydrogen (secondary N) is 1. The molecule has 1 amide bonds. The van der Waals surface area contributed by atoms with Crippen LogP contribution in [0.4, 0.5) is 10.5 Å². The van der Waals surface area contributed by atoms with Gasteiger partial charge in [0, 0.05) is 43.4 Å². The zero-order valence-electron chi connectivity index (χ0n) is 41.1. The van der Waals surface area contributed by atoms with Crippen LogP contribution in [0.3, 0.4) is 0 Å². The number of aliphatic hydroxyl groups is 2. The number of ether oxygens (including phenoxy) is 7. The van der Waals surface area contributed by atoms with Crippen LogP contribution in [0, 0.1) is 16.7 Å². The van der Waals surface area contributed by atoms with Crippen molar-refractivity contribution >= 4 is 47.4 Å². The molecular formula is C55H58N2O16. The predicted molar refractivity (Wildman–Crippen MR) is 258 cm³/mol. The van der Waals surface area contributed by atoms with Gasteiger partial charge in [-0.1, -0.05) is 92.7 Å². The van der Waals surface area contributed by atoms with Gasteiger partial charge in [-0.2, -0.15) is 0 Å². The standard InChI is InChI=1S/C55H58N2O16/c1-30-38(70-50(64)44(71-51(65)67-28-33-22-24-37(56)25-23-33)42(34-16-10-7-11-17-34)57-48(62)35-18-12-8-13-19-35)27-55(66)47(72-49(63)36-20-14-9-15-21-36)45-53(6,39(60)26-40-54(45,29-68-40)73-32(3)59)46(61)43(69-31(2)58)41(30)52(55,4)5/h7-25,38-40,42-45,47,60,66H,26-29,56H2,1-6H3,(H,57,62). The molecule has 3 fully saturated rings. The van der Waals surface area contributed by atoms with Gasteiger partial charge in [0.15, 0.2) is 17.5 Å². The number of benzene rings is 4. The molecule has 11 unspecified atom stereocenters. The number of amides is 1. The van der Waals surface area contributed by atoms with E-state index >= 15 is 9.59 Å². The van der Waals surface area contributed by atoms with Crippen LogP contribution in [-0.2, 0) is 58.9 Å². The lowest BCUT2D eigenvalue weighted by Crippen LogP contribution is -2.82. The van der Waals surface area contributed by atoms with Crippen molar-refractivity contribution in [3.05, 3.63) is 149 Å². The third kappa shape index (κ3) is 9.57. The van der Waals surface area contributed by atoms with Gasteiger partial charge in [0.1, 0.15) is 36.6 Å². The molecule has 5 N–H and O–H groups in total. The zero-order chi connectivity index (χ0) is 52.6. The van der Waals surface area contributed by atoms with Crippen LogP contribution >= 0.6 is 0 Å². The number of nitrogens with two attached hydrogens (primary N) is 1. The number of hydrogen-bond acceptors (Lipinski definition) is 17. The minimum Gasteiger partial charge on any atom is -0.455 e. The average Bonchev–Trinajstić information content (AvgIpc) is 3.36. The monoisotopic (exact) mass is 1000 g/mol. The molecule has 0 aromatic heterocycles. The molecule has 73 heavy (non-hydrogen) atoms. The van der Waals surface area contributed by atoms with Crippen molar-refractivity contribution in [1.29, 1.82) is 0 Å². The van der Waals surface area contributed by atoms with Gasteiger partial charge in [-0.05, 0) is 72.5 Å². The highest BCUT2D eigenvalue weighted by atomic mass is 16.7. The van der Waals surface area contributed by atoms with Crippen LogP contribution in [0.15, 0.2) is 126 Å². The summed E-state index contributed by atoms with van der Waals surface area (Å²) in [4.78, 5) is 99.6. The Balaban J connectivity index is 1.28. The van der Waals surface area contributed by atoms with E-state index in [9.17, 15) is 34.2 Å². The van der Waals surface area contributed by atoms with E-state index in [1.165, 1.54) is 26.0 Å². The highest BCUT2D eigenvalue weighted by molar-refractivity contribution is 5.96. The van der Waals surface area contributed by atoms with Crippen molar-refractivity contribution < 1.29 is 76.9 Å². The number of carbonyl (C=O) groups is 7. The quantitative estimate of drug-likeness (QED) is 0.0543. The van der Waals surface area contributed by atoms with Crippen molar-refractivity contribution in [3.63, 3.8) is 0 Å². The van der Waals surface area contributed by atoms with Gasteiger partial charge in [-0.15, -0.1) is 0 Å². The fourth-order valence-electron chi connectivity index (χ4n) is 11.2. The van der Waals surface area contributed by atoms with Crippen molar-refractivity contribution in [3.8, 4) is 0 Å². The molecule has 0 spiro atoms. The van der Waals surface area contributed by atoms with Crippen LogP contribution in [0.5, 0.6) is 0 Å². The number of carbonyl (C=O) groups excluding carboxylic acids is 7. The number of rotatable bonds is 13. The molecule has 8 rings (SSSR count). The van der Waals surface area contributed by atoms with Crippen molar-refractivity contribution in [2.75, 3.05) is 12.3 Å². The molecule has 18 heteroatoms. The molecule has 1 saturated heterocycles. The van der Waals surface area contributed by atoms with Gasteiger partial charge in [0.05, 0.1) is 29.6 Å². The number of Topliss-reactive ketones (excluding diaryl/α,β-unsaturated/α-hetero) is 1. The first-order valence-corrected chi connectivity index (χ1v) is 23.8. The van der Waals surface area contributed by atoms with Crippen LogP contribution in [0.25, 0.3) is 0 Å².